The van der Waals surface area contributed by atoms with Crippen LogP contribution in [0, 0.1) is 0 Å². The van der Waals surface area contributed by atoms with Crippen molar-refractivity contribution in [3.05, 3.63) is 24.2 Å². The Morgan fingerprint density at radius 2 is 1.94 bits per heavy atom. The number of morpholine rings is 1. The van der Waals surface area contributed by atoms with Crippen LogP contribution in [0.25, 0.3) is 0 Å². The van der Waals surface area contributed by atoms with Crippen molar-refractivity contribution in [2.45, 2.75) is 51.7 Å². The van der Waals surface area contributed by atoms with Crippen molar-refractivity contribution in [1.82, 2.24) is 20.4 Å². The number of likely N-dealkylation sites (tertiary alicyclic amines) is 1. The normalized spacial score (nSPS) is 19.5. The van der Waals surface area contributed by atoms with Crippen LogP contribution in [0.2, 0.25) is 0 Å². The topological polar surface area (TPSA) is 74.5 Å². The summed E-state index contributed by atoms with van der Waals surface area (Å²) in [6.45, 7) is 14.8. The summed E-state index contributed by atoms with van der Waals surface area (Å²) in [5, 5.41) is 7.20. The zero-order valence-corrected chi connectivity index (χ0v) is 20.1. The number of aliphatic imine (C=N–C) groups is 1. The van der Waals surface area contributed by atoms with E-state index in [4.69, 9.17) is 18.9 Å². The van der Waals surface area contributed by atoms with Crippen LogP contribution in [0.15, 0.2) is 27.8 Å². The molecule has 0 bridgehead atoms. The maximum absolute atomic E-state index is 5.71. The van der Waals surface area contributed by atoms with Crippen molar-refractivity contribution in [3.8, 4) is 0 Å². The molecule has 8 nitrogen and oxygen atoms in total. The largest absolute Gasteiger partial charge is 0.469 e. The van der Waals surface area contributed by atoms with E-state index in [1.54, 1.807) is 6.26 Å². The molecular formula is C24H43N5O3. The molecule has 182 valence electrons. The molecule has 0 saturated carbocycles. The molecule has 32 heavy (non-hydrogen) atoms. The van der Waals surface area contributed by atoms with Gasteiger partial charge < -0.3 is 29.4 Å². The fraction of sp³-hybridized carbons (Fsp3) is 0.792. The van der Waals surface area contributed by atoms with E-state index in [2.05, 4.69) is 34.3 Å². The third-order valence-corrected chi connectivity index (χ3v) is 6.04. The second-order valence-corrected chi connectivity index (χ2v) is 8.97. The van der Waals surface area contributed by atoms with E-state index in [0.29, 0.717) is 12.1 Å². The summed E-state index contributed by atoms with van der Waals surface area (Å²) >= 11 is 0. The number of furan rings is 1. The van der Waals surface area contributed by atoms with Gasteiger partial charge in [-0.05, 0) is 45.2 Å². The molecule has 0 amide bonds. The van der Waals surface area contributed by atoms with Gasteiger partial charge in [0.2, 0.25) is 0 Å². The second-order valence-electron chi connectivity index (χ2n) is 8.97. The monoisotopic (exact) mass is 449 g/mol. The molecule has 0 aliphatic carbocycles. The van der Waals surface area contributed by atoms with Gasteiger partial charge in [-0.15, -0.1) is 0 Å². The lowest BCUT2D eigenvalue weighted by atomic mass is 10.1. The van der Waals surface area contributed by atoms with Crippen molar-refractivity contribution in [3.63, 3.8) is 0 Å². The minimum Gasteiger partial charge on any atom is -0.469 e. The molecule has 0 spiro atoms. The van der Waals surface area contributed by atoms with Crippen LogP contribution >= 0.6 is 0 Å². The highest BCUT2D eigenvalue weighted by atomic mass is 16.5. The van der Waals surface area contributed by atoms with Crippen molar-refractivity contribution in [2.75, 3.05) is 72.2 Å². The highest BCUT2D eigenvalue weighted by molar-refractivity contribution is 5.80. The summed E-state index contributed by atoms with van der Waals surface area (Å²) in [6, 6.07) is 4.42. The molecule has 1 aromatic heterocycles. The number of hydrogen-bond donors (Lipinski definition) is 2. The molecule has 2 aliphatic heterocycles. The number of hydrogen-bond acceptors (Lipinski definition) is 6. The first kappa shape index (κ1) is 25.0. The average molecular weight is 450 g/mol. The van der Waals surface area contributed by atoms with Crippen LogP contribution < -0.4 is 10.6 Å². The maximum atomic E-state index is 5.71. The average Bonchev–Trinajstić information content (AvgIpc) is 3.32. The lowest BCUT2D eigenvalue weighted by Gasteiger charge is -2.33. The maximum Gasteiger partial charge on any atom is 0.191 e. The first-order valence-corrected chi connectivity index (χ1v) is 12.4. The quantitative estimate of drug-likeness (QED) is 0.287. The van der Waals surface area contributed by atoms with Gasteiger partial charge in [0.1, 0.15) is 5.76 Å². The fourth-order valence-electron chi connectivity index (χ4n) is 4.13. The zero-order valence-electron chi connectivity index (χ0n) is 20.1. The van der Waals surface area contributed by atoms with Crippen LogP contribution in [0.3, 0.4) is 0 Å². The summed E-state index contributed by atoms with van der Waals surface area (Å²) in [4.78, 5) is 9.85. The Bertz CT molecular complexity index is 624. The summed E-state index contributed by atoms with van der Waals surface area (Å²) in [5.74, 6) is 1.93. The molecule has 0 atom stereocenters. The van der Waals surface area contributed by atoms with Gasteiger partial charge in [0.15, 0.2) is 5.96 Å². The van der Waals surface area contributed by atoms with Crippen LogP contribution in [0.5, 0.6) is 0 Å². The lowest BCUT2D eigenvalue weighted by Crippen LogP contribution is -2.49. The third kappa shape index (κ3) is 9.90. The van der Waals surface area contributed by atoms with Crippen molar-refractivity contribution >= 4 is 5.96 Å². The van der Waals surface area contributed by atoms with Gasteiger partial charge in [0.25, 0.3) is 0 Å². The van der Waals surface area contributed by atoms with Gasteiger partial charge in [0, 0.05) is 64.8 Å². The molecule has 8 heteroatoms. The standard InChI is InChI=1S/C24H43N5O3/c1-21(2)31-20-16-29-12-7-22(8-13-29)27-24(26-10-6-23-5-3-17-32-23)25-9-4-11-28-14-18-30-19-15-28/h3,5,17,21-22H,4,6-16,18-20H2,1-2H3,(H2,25,26,27). The molecule has 1 aromatic rings. The molecule has 0 unspecified atom stereocenters. The van der Waals surface area contributed by atoms with Gasteiger partial charge >= 0.3 is 0 Å². The number of guanidine groups is 1. The molecule has 0 radical (unpaired) electrons. The highest BCUT2D eigenvalue weighted by Gasteiger charge is 2.20. The van der Waals surface area contributed by atoms with Gasteiger partial charge in [-0.3, -0.25) is 9.89 Å². The second kappa shape index (κ2) is 14.5. The van der Waals surface area contributed by atoms with Crippen LogP contribution in [0.1, 0.15) is 38.9 Å². The van der Waals surface area contributed by atoms with Gasteiger partial charge in [-0.1, -0.05) is 0 Å². The summed E-state index contributed by atoms with van der Waals surface area (Å²) < 4.78 is 16.6. The zero-order chi connectivity index (χ0) is 22.4. The number of nitrogens with one attached hydrogen (secondary N) is 2. The summed E-state index contributed by atoms with van der Waals surface area (Å²) in [5.41, 5.74) is 0. The predicted molar refractivity (Wildman–Crippen MR) is 128 cm³/mol. The van der Waals surface area contributed by atoms with Crippen LogP contribution in [-0.2, 0) is 15.9 Å². The fourth-order valence-corrected chi connectivity index (χ4v) is 4.13. The van der Waals surface area contributed by atoms with Crippen LogP contribution in [-0.4, -0.2) is 100 Å². The molecule has 2 fully saturated rings. The first-order chi connectivity index (χ1) is 15.7. The molecular weight excluding hydrogens is 406 g/mol. The van der Waals surface area contributed by atoms with E-state index in [-0.39, 0.29) is 0 Å². The Hall–Kier alpha value is -1.61. The third-order valence-electron chi connectivity index (χ3n) is 6.04. The number of piperidine rings is 1. The Balaban J connectivity index is 1.40. The van der Waals surface area contributed by atoms with E-state index in [9.17, 15) is 0 Å². The van der Waals surface area contributed by atoms with Crippen LogP contribution in [0.4, 0.5) is 0 Å². The van der Waals surface area contributed by atoms with Crippen molar-refractivity contribution in [1.29, 1.82) is 0 Å². The Kier molecular flexibility index (Phi) is 11.4. The lowest BCUT2D eigenvalue weighted by molar-refractivity contribution is 0.0377. The van der Waals surface area contributed by atoms with E-state index in [1.807, 2.05) is 12.1 Å². The number of rotatable bonds is 12. The minimum absolute atomic E-state index is 0.309. The SMILES string of the molecule is CC(C)OCCN1CCC(NC(=NCCCN2CCOCC2)NCCc2ccco2)CC1. The number of nitrogens with zero attached hydrogens (tertiary/aromatic N) is 3. The molecule has 2 N–H and O–H groups in total. The first-order valence-electron chi connectivity index (χ1n) is 12.4. The molecule has 2 aliphatic rings. The molecule has 2 saturated heterocycles. The smallest absolute Gasteiger partial charge is 0.191 e. The molecule has 0 aromatic carbocycles. The van der Waals surface area contributed by atoms with Crippen molar-refractivity contribution in [2.24, 2.45) is 4.99 Å². The highest BCUT2D eigenvalue weighted by Crippen LogP contribution is 2.10. The summed E-state index contributed by atoms with van der Waals surface area (Å²) in [7, 11) is 0. The van der Waals surface area contributed by atoms with Gasteiger partial charge in [-0.25, -0.2) is 0 Å². The Labute approximate surface area is 193 Å². The van der Waals surface area contributed by atoms with E-state index < -0.39 is 0 Å². The Morgan fingerprint density at radius 1 is 1.16 bits per heavy atom. The molecule has 3 rings (SSSR count). The van der Waals surface area contributed by atoms with Crippen molar-refractivity contribution < 1.29 is 13.9 Å². The minimum atomic E-state index is 0.309. The van der Waals surface area contributed by atoms with E-state index in [1.165, 1.54) is 0 Å². The Morgan fingerprint density at radius 3 is 2.66 bits per heavy atom. The van der Waals surface area contributed by atoms with Gasteiger partial charge in [0.05, 0.1) is 32.2 Å². The predicted octanol–water partition coefficient (Wildman–Crippen LogP) is 1.97. The summed E-state index contributed by atoms with van der Waals surface area (Å²) in [6.07, 6.45) is 6.23. The molecule has 3 heterocycles. The number of ether oxygens (including phenoxy) is 2. The van der Waals surface area contributed by atoms with E-state index >= 15 is 0 Å². The van der Waals surface area contributed by atoms with Gasteiger partial charge in [-0.2, -0.15) is 0 Å². The van der Waals surface area contributed by atoms with E-state index in [0.717, 1.165) is 110 Å².